The third kappa shape index (κ3) is 1.19. The molecule has 1 rings (SSSR count). The van der Waals surface area contributed by atoms with Crippen LogP contribution in [0.5, 0.6) is 0 Å². The molecule has 1 aliphatic heterocycles. The molecular weight excluding hydrogens is 112 g/mol. The van der Waals surface area contributed by atoms with Crippen LogP contribution in [-0.2, 0) is 0 Å². The summed E-state index contributed by atoms with van der Waals surface area (Å²) in [7, 11) is 1.97. The van der Waals surface area contributed by atoms with Crippen molar-refractivity contribution < 1.29 is 0 Å². The highest BCUT2D eigenvalue weighted by molar-refractivity contribution is 5.73. The smallest absolute Gasteiger partial charge is 0.127 e. The van der Waals surface area contributed by atoms with E-state index in [1.54, 1.807) is 6.21 Å². The number of hydrogen-bond donors (Lipinski definition) is 0. The minimum atomic E-state index is 0.998. The summed E-state index contributed by atoms with van der Waals surface area (Å²) >= 11 is 0. The average molecular weight is 122 g/mol. The first-order valence-electron chi connectivity index (χ1n) is 2.94. The zero-order valence-corrected chi connectivity index (χ0v) is 5.70. The maximum Gasteiger partial charge on any atom is 0.127 e. The van der Waals surface area contributed by atoms with Gasteiger partial charge < -0.3 is 4.90 Å². The summed E-state index contributed by atoms with van der Waals surface area (Å²) in [5.74, 6) is 0.998. The van der Waals surface area contributed by atoms with Gasteiger partial charge >= 0.3 is 0 Å². The monoisotopic (exact) mass is 122 g/mol. The first-order chi connectivity index (χ1) is 4.34. The van der Waals surface area contributed by atoms with Gasteiger partial charge in [-0.2, -0.15) is 0 Å². The Kier molecular flexibility index (Phi) is 1.68. The lowest BCUT2D eigenvalue weighted by Crippen LogP contribution is -2.10. The lowest BCUT2D eigenvalue weighted by atomic mass is 10.5. The van der Waals surface area contributed by atoms with Crippen molar-refractivity contribution >= 4 is 6.21 Å². The van der Waals surface area contributed by atoms with Gasteiger partial charge in [-0.25, -0.2) is 4.99 Å². The molecule has 0 aliphatic carbocycles. The van der Waals surface area contributed by atoms with Crippen molar-refractivity contribution in [1.29, 1.82) is 0 Å². The van der Waals surface area contributed by atoms with Gasteiger partial charge in [0.05, 0.1) is 0 Å². The molecule has 9 heavy (non-hydrogen) atoms. The highest BCUT2D eigenvalue weighted by Gasteiger charge is 1.97. The molecule has 48 valence electrons. The molecule has 0 N–H and O–H groups in total. The van der Waals surface area contributed by atoms with E-state index in [2.05, 4.69) is 4.99 Å². The number of hydrogen-bond acceptors (Lipinski definition) is 2. The van der Waals surface area contributed by atoms with Crippen molar-refractivity contribution in [2.24, 2.45) is 4.99 Å². The van der Waals surface area contributed by atoms with E-state index in [4.69, 9.17) is 0 Å². The SMILES string of the molecule is C/C=C1/N=CC=CN1C. The summed E-state index contributed by atoms with van der Waals surface area (Å²) in [6.07, 6.45) is 7.64. The molecule has 0 unspecified atom stereocenters. The standard InChI is InChI=1S/C7H10N2/c1-3-7-8-5-4-6-9(7)2/h3-6H,1-2H3/b7-3-. The third-order valence-electron chi connectivity index (χ3n) is 1.22. The summed E-state index contributed by atoms with van der Waals surface area (Å²) in [5, 5.41) is 0. The molecule has 0 aromatic heterocycles. The molecule has 0 atom stereocenters. The zero-order valence-electron chi connectivity index (χ0n) is 5.70. The molecule has 0 saturated heterocycles. The second-order valence-corrected chi connectivity index (χ2v) is 1.88. The van der Waals surface area contributed by atoms with Crippen LogP contribution >= 0.6 is 0 Å². The van der Waals surface area contributed by atoms with E-state index >= 15 is 0 Å². The highest BCUT2D eigenvalue weighted by Crippen LogP contribution is 2.05. The number of rotatable bonds is 0. The van der Waals surface area contributed by atoms with E-state index in [1.807, 2.05) is 37.2 Å². The van der Waals surface area contributed by atoms with E-state index < -0.39 is 0 Å². The Morgan fingerprint density at radius 3 is 2.89 bits per heavy atom. The molecule has 1 heterocycles. The van der Waals surface area contributed by atoms with Gasteiger partial charge in [0, 0.05) is 19.5 Å². The predicted octanol–water partition coefficient (Wildman–Crippen LogP) is 1.38. The Bertz CT molecular complexity index is 177. The molecule has 0 bridgehead atoms. The van der Waals surface area contributed by atoms with Crippen LogP contribution in [0.25, 0.3) is 0 Å². The fraction of sp³-hybridized carbons (Fsp3) is 0.286. The zero-order chi connectivity index (χ0) is 6.69. The fourth-order valence-electron chi connectivity index (χ4n) is 0.733. The summed E-state index contributed by atoms with van der Waals surface area (Å²) in [4.78, 5) is 6.08. The Morgan fingerprint density at radius 1 is 1.67 bits per heavy atom. The van der Waals surface area contributed by atoms with E-state index in [0.29, 0.717) is 0 Å². The van der Waals surface area contributed by atoms with Crippen LogP contribution in [0.1, 0.15) is 6.92 Å². The van der Waals surface area contributed by atoms with Crippen LogP contribution in [0.2, 0.25) is 0 Å². The molecule has 0 radical (unpaired) electrons. The largest absolute Gasteiger partial charge is 0.336 e. The van der Waals surface area contributed by atoms with Gasteiger partial charge in [-0.05, 0) is 19.1 Å². The van der Waals surface area contributed by atoms with E-state index in [1.165, 1.54) is 0 Å². The lowest BCUT2D eigenvalue weighted by molar-refractivity contribution is 0.557. The van der Waals surface area contributed by atoms with Gasteiger partial charge in [0.1, 0.15) is 5.82 Å². The van der Waals surface area contributed by atoms with Gasteiger partial charge in [0.2, 0.25) is 0 Å². The molecule has 2 nitrogen and oxygen atoms in total. The lowest BCUT2D eigenvalue weighted by Gasteiger charge is -2.15. The average Bonchev–Trinajstić information content (AvgIpc) is 1.89. The van der Waals surface area contributed by atoms with Crippen LogP contribution in [0.4, 0.5) is 0 Å². The van der Waals surface area contributed by atoms with Crippen LogP contribution in [0.3, 0.4) is 0 Å². The minimum absolute atomic E-state index is 0.998. The number of aliphatic imine (C=N–C) groups is 1. The van der Waals surface area contributed by atoms with Crippen molar-refractivity contribution in [2.45, 2.75) is 6.92 Å². The maximum atomic E-state index is 4.10. The molecule has 0 fully saturated rings. The number of nitrogens with zero attached hydrogens (tertiary/aromatic N) is 2. The third-order valence-corrected chi connectivity index (χ3v) is 1.22. The first kappa shape index (κ1) is 6.08. The molecule has 0 saturated carbocycles. The van der Waals surface area contributed by atoms with Gasteiger partial charge in [-0.3, -0.25) is 0 Å². The Balaban J connectivity index is 2.78. The van der Waals surface area contributed by atoms with E-state index in [9.17, 15) is 0 Å². The first-order valence-corrected chi connectivity index (χ1v) is 2.94. The Morgan fingerprint density at radius 2 is 2.44 bits per heavy atom. The van der Waals surface area contributed by atoms with Gasteiger partial charge in [0.15, 0.2) is 0 Å². The van der Waals surface area contributed by atoms with Gasteiger partial charge in [-0.1, -0.05) is 0 Å². The normalized spacial score (nSPS) is 21.6. The van der Waals surface area contributed by atoms with E-state index in [0.717, 1.165) is 5.82 Å². The van der Waals surface area contributed by atoms with Crippen molar-refractivity contribution in [3.63, 3.8) is 0 Å². The molecule has 0 aromatic rings. The second kappa shape index (κ2) is 2.49. The predicted molar refractivity (Wildman–Crippen MR) is 39.2 cm³/mol. The Labute approximate surface area is 55.2 Å². The van der Waals surface area contributed by atoms with Gasteiger partial charge in [-0.15, -0.1) is 0 Å². The van der Waals surface area contributed by atoms with Crippen molar-refractivity contribution in [3.8, 4) is 0 Å². The Hall–Kier alpha value is -1.05. The summed E-state index contributed by atoms with van der Waals surface area (Å²) in [5.41, 5.74) is 0. The molecule has 0 spiro atoms. The topological polar surface area (TPSA) is 15.6 Å². The summed E-state index contributed by atoms with van der Waals surface area (Å²) in [6, 6.07) is 0. The molecule has 0 amide bonds. The number of allylic oxidation sites excluding steroid dienone is 2. The summed E-state index contributed by atoms with van der Waals surface area (Å²) in [6.45, 7) is 1.97. The van der Waals surface area contributed by atoms with Crippen LogP contribution in [-0.4, -0.2) is 18.2 Å². The molecule has 2 heteroatoms. The second-order valence-electron chi connectivity index (χ2n) is 1.88. The fourth-order valence-corrected chi connectivity index (χ4v) is 0.733. The highest BCUT2D eigenvalue weighted by atomic mass is 15.2. The van der Waals surface area contributed by atoms with Crippen LogP contribution < -0.4 is 0 Å². The molecule has 1 aliphatic rings. The van der Waals surface area contributed by atoms with Crippen LogP contribution in [0.15, 0.2) is 29.2 Å². The van der Waals surface area contributed by atoms with E-state index in [-0.39, 0.29) is 0 Å². The van der Waals surface area contributed by atoms with Crippen LogP contribution in [0, 0.1) is 0 Å². The summed E-state index contributed by atoms with van der Waals surface area (Å²) < 4.78 is 0. The maximum absolute atomic E-state index is 4.10. The van der Waals surface area contributed by atoms with Crippen molar-refractivity contribution in [2.75, 3.05) is 7.05 Å². The quantitative estimate of drug-likeness (QED) is 0.474. The minimum Gasteiger partial charge on any atom is -0.336 e. The van der Waals surface area contributed by atoms with Crippen molar-refractivity contribution in [3.05, 3.63) is 24.2 Å². The van der Waals surface area contributed by atoms with Crippen molar-refractivity contribution in [1.82, 2.24) is 4.90 Å². The van der Waals surface area contributed by atoms with Gasteiger partial charge in [0.25, 0.3) is 0 Å². The molecule has 0 aromatic carbocycles. The molecular formula is C7H10N2.